The minimum atomic E-state index is -0.322. The van der Waals surface area contributed by atoms with Crippen LogP contribution in [0.2, 0.25) is 5.02 Å². The van der Waals surface area contributed by atoms with E-state index in [0.29, 0.717) is 27.6 Å². The fourth-order valence-electron chi connectivity index (χ4n) is 2.78. The molecule has 1 heterocycles. The highest BCUT2D eigenvalue weighted by atomic mass is 35.5. The number of halogens is 2. The molecule has 5 heteroatoms. The van der Waals surface area contributed by atoms with Crippen LogP contribution < -0.4 is 9.47 Å². The highest BCUT2D eigenvalue weighted by Gasteiger charge is 2.27. The summed E-state index contributed by atoms with van der Waals surface area (Å²) in [6.07, 6.45) is 1.65. The summed E-state index contributed by atoms with van der Waals surface area (Å²) in [5.74, 6) is 0.606. The molecule has 0 saturated carbocycles. The van der Waals surface area contributed by atoms with Gasteiger partial charge in [0.1, 0.15) is 23.9 Å². The SMILES string of the molecule is O=C1/C(=C/c2cccc(Cl)c2)Oc2cc(OCc3ccccc3F)ccc21. The van der Waals surface area contributed by atoms with E-state index in [2.05, 4.69) is 0 Å². The molecule has 0 fully saturated rings. The number of allylic oxidation sites excluding steroid dienone is 1. The molecule has 3 nitrogen and oxygen atoms in total. The van der Waals surface area contributed by atoms with Crippen molar-refractivity contribution >= 4 is 23.5 Å². The minimum absolute atomic E-state index is 0.0879. The number of benzene rings is 3. The van der Waals surface area contributed by atoms with Crippen molar-refractivity contribution in [2.24, 2.45) is 0 Å². The fraction of sp³-hybridized carbons (Fsp3) is 0.0455. The van der Waals surface area contributed by atoms with E-state index in [1.165, 1.54) is 6.07 Å². The molecule has 0 atom stereocenters. The predicted molar refractivity (Wildman–Crippen MR) is 102 cm³/mol. The highest BCUT2D eigenvalue weighted by Crippen LogP contribution is 2.35. The second kappa shape index (κ2) is 7.25. The van der Waals surface area contributed by atoms with Gasteiger partial charge >= 0.3 is 0 Å². The highest BCUT2D eigenvalue weighted by molar-refractivity contribution is 6.30. The quantitative estimate of drug-likeness (QED) is 0.547. The van der Waals surface area contributed by atoms with Crippen molar-refractivity contribution in [1.82, 2.24) is 0 Å². The molecule has 0 aliphatic carbocycles. The third-order valence-electron chi connectivity index (χ3n) is 4.14. The van der Waals surface area contributed by atoms with Gasteiger partial charge in [-0.05, 0) is 42.0 Å². The maximum atomic E-state index is 13.7. The van der Waals surface area contributed by atoms with Gasteiger partial charge in [0.15, 0.2) is 5.76 Å². The van der Waals surface area contributed by atoms with Crippen molar-refractivity contribution in [1.29, 1.82) is 0 Å². The third-order valence-corrected chi connectivity index (χ3v) is 4.38. The van der Waals surface area contributed by atoms with E-state index in [-0.39, 0.29) is 24.0 Å². The lowest BCUT2D eigenvalue weighted by molar-refractivity contribution is 0.101. The molecule has 0 spiro atoms. The lowest BCUT2D eigenvalue weighted by atomic mass is 10.1. The van der Waals surface area contributed by atoms with E-state index >= 15 is 0 Å². The first-order valence-corrected chi connectivity index (χ1v) is 8.68. The summed E-state index contributed by atoms with van der Waals surface area (Å²) in [6.45, 7) is 0.0879. The monoisotopic (exact) mass is 380 g/mol. The molecule has 0 saturated heterocycles. The van der Waals surface area contributed by atoms with Gasteiger partial charge in [-0.3, -0.25) is 4.79 Å². The number of carbonyl (C=O) groups excluding carboxylic acids is 1. The van der Waals surface area contributed by atoms with Gasteiger partial charge in [0.25, 0.3) is 0 Å². The molecule has 1 aliphatic rings. The molecule has 0 bridgehead atoms. The molecule has 0 N–H and O–H groups in total. The Hall–Kier alpha value is -3.11. The Bertz CT molecular complexity index is 1060. The zero-order chi connectivity index (χ0) is 18.8. The second-order valence-corrected chi connectivity index (χ2v) is 6.47. The van der Waals surface area contributed by atoms with Crippen molar-refractivity contribution < 1.29 is 18.7 Å². The Morgan fingerprint density at radius 1 is 1.04 bits per heavy atom. The standard InChI is InChI=1S/C22H14ClFO3/c23-16-6-3-4-14(10-16)11-21-22(25)18-9-8-17(12-20(18)27-21)26-13-15-5-1-2-7-19(15)24/h1-12H,13H2/b21-11-. The van der Waals surface area contributed by atoms with Gasteiger partial charge in [0.2, 0.25) is 5.78 Å². The molecule has 134 valence electrons. The Morgan fingerprint density at radius 2 is 1.89 bits per heavy atom. The van der Waals surface area contributed by atoms with Crippen LogP contribution in [0.25, 0.3) is 6.08 Å². The molecule has 0 amide bonds. The Balaban J connectivity index is 1.53. The Morgan fingerprint density at radius 3 is 2.70 bits per heavy atom. The van der Waals surface area contributed by atoms with Crippen LogP contribution in [-0.4, -0.2) is 5.78 Å². The number of Topliss-reactive ketones (excluding diaryl/α,β-unsaturated/α-hetero) is 1. The average Bonchev–Trinajstić information content (AvgIpc) is 2.96. The van der Waals surface area contributed by atoms with Crippen LogP contribution in [0.15, 0.2) is 72.5 Å². The summed E-state index contributed by atoms with van der Waals surface area (Å²) in [6, 6.07) is 18.5. The van der Waals surface area contributed by atoms with Crippen LogP contribution in [0.1, 0.15) is 21.5 Å². The largest absolute Gasteiger partial charge is 0.489 e. The van der Waals surface area contributed by atoms with E-state index in [1.54, 1.807) is 60.7 Å². The predicted octanol–water partition coefficient (Wildman–Crippen LogP) is 5.67. The summed E-state index contributed by atoms with van der Waals surface area (Å²) in [5, 5.41) is 0.580. The molecule has 0 radical (unpaired) electrons. The molecule has 27 heavy (non-hydrogen) atoms. The van der Waals surface area contributed by atoms with Crippen molar-refractivity contribution in [2.75, 3.05) is 0 Å². The number of ketones is 1. The Labute approximate surface area is 160 Å². The average molecular weight is 381 g/mol. The van der Waals surface area contributed by atoms with Crippen LogP contribution in [-0.2, 0) is 6.61 Å². The Kier molecular flexibility index (Phi) is 4.65. The van der Waals surface area contributed by atoms with Gasteiger partial charge < -0.3 is 9.47 Å². The van der Waals surface area contributed by atoms with E-state index in [4.69, 9.17) is 21.1 Å². The lowest BCUT2D eigenvalue weighted by Gasteiger charge is -2.08. The molecule has 0 unspecified atom stereocenters. The lowest BCUT2D eigenvalue weighted by Crippen LogP contribution is -1.98. The van der Waals surface area contributed by atoms with E-state index in [9.17, 15) is 9.18 Å². The summed E-state index contributed by atoms with van der Waals surface area (Å²) in [5.41, 5.74) is 1.69. The van der Waals surface area contributed by atoms with E-state index in [1.807, 2.05) is 6.07 Å². The molecule has 1 aliphatic heterocycles. The summed E-state index contributed by atoms with van der Waals surface area (Å²) < 4.78 is 25.0. The summed E-state index contributed by atoms with van der Waals surface area (Å²) in [4.78, 5) is 12.5. The second-order valence-electron chi connectivity index (χ2n) is 6.03. The first kappa shape index (κ1) is 17.3. The van der Waals surface area contributed by atoms with Gasteiger partial charge in [-0.2, -0.15) is 0 Å². The zero-order valence-electron chi connectivity index (χ0n) is 14.1. The van der Waals surface area contributed by atoms with Gasteiger partial charge in [-0.15, -0.1) is 0 Å². The van der Waals surface area contributed by atoms with Crippen LogP contribution >= 0.6 is 11.6 Å². The maximum absolute atomic E-state index is 13.7. The van der Waals surface area contributed by atoms with Crippen molar-refractivity contribution in [3.8, 4) is 11.5 Å². The van der Waals surface area contributed by atoms with E-state index < -0.39 is 0 Å². The molecule has 3 aromatic carbocycles. The van der Waals surface area contributed by atoms with Gasteiger partial charge in [-0.1, -0.05) is 41.9 Å². The fourth-order valence-corrected chi connectivity index (χ4v) is 2.98. The molecule has 3 aromatic rings. The molecule has 0 aromatic heterocycles. The van der Waals surface area contributed by atoms with Gasteiger partial charge in [-0.25, -0.2) is 4.39 Å². The summed E-state index contributed by atoms with van der Waals surface area (Å²) >= 11 is 5.97. The van der Waals surface area contributed by atoms with Crippen molar-refractivity contribution in [3.63, 3.8) is 0 Å². The first-order valence-electron chi connectivity index (χ1n) is 8.30. The first-order chi connectivity index (χ1) is 13.1. The van der Waals surface area contributed by atoms with Gasteiger partial charge in [0.05, 0.1) is 5.56 Å². The van der Waals surface area contributed by atoms with Crippen LogP contribution in [0.4, 0.5) is 4.39 Å². The van der Waals surface area contributed by atoms with Crippen LogP contribution in [0, 0.1) is 5.82 Å². The van der Waals surface area contributed by atoms with E-state index in [0.717, 1.165) is 5.56 Å². The van der Waals surface area contributed by atoms with Crippen LogP contribution in [0.5, 0.6) is 11.5 Å². The number of ether oxygens (including phenoxy) is 2. The summed E-state index contributed by atoms with van der Waals surface area (Å²) in [7, 11) is 0. The normalized spacial score (nSPS) is 14.1. The number of rotatable bonds is 4. The third kappa shape index (κ3) is 3.71. The van der Waals surface area contributed by atoms with Gasteiger partial charge in [0, 0.05) is 16.7 Å². The van der Waals surface area contributed by atoms with Crippen LogP contribution in [0.3, 0.4) is 0 Å². The van der Waals surface area contributed by atoms with Crippen molar-refractivity contribution in [3.05, 3.63) is 100 Å². The maximum Gasteiger partial charge on any atom is 0.231 e. The smallest absolute Gasteiger partial charge is 0.231 e. The topological polar surface area (TPSA) is 35.5 Å². The van der Waals surface area contributed by atoms with Crippen molar-refractivity contribution in [2.45, 2.75) is 6.61 Å². The minimum Gasteiger partial charge on any atom is -0.489 e. The number of hydrogen-bond donors (Lipinski definition) is 0. The molecular formula is C22H14ClFO3. The number of carbonyl (C=O) groups is 1. The number of hydrogen-bond acceptors (Lipinski definition) is 3. The molecule has 4 rings (SSSR count). The zero-order valence-corrected chi connectivity index (χ0v) is 14.9. The molecular weight excluding hydrogens is 367 g/mol. The number of fused-ring (bicyclic) bond motifs is 1.